The third-order valence-corrected chi connectivity index (χ3v) is 5.07. The number of piperidine rings is 1. The summed E-state index contributed by atoms with van der Waals surface area (Å²) in [6.07, 6.45) is 2.56. The lowest BCUT2D eigenvalue weighted by atomic mass is 9.87. The fourth-order valence-corrected chi connectivity index (χ4v) is 3.41. The Morgan fingerprint density at radius 1 is 1.18 bits per heavy atom. The van der Waals surface area contributed by atoms with E-state index < -0.39 is 0 Å². The zero-order valence-corrected chi connectivity index (χ0v) is 11.7. The van der Waals surface area contributed by atoms with Crippen LogP contribution in [-0.4, -0.2) is 54.6 Å². The van der Waals surface area contributed by atoms with Crippen LogP contribution >= 0.6 is 0 Å². The quantitative estimate of drug-likeness (QED) is 0.808. The summed E-state index contributed by atoms with van der Waals surface area (Å²) >= 11 is 0. The van der Waals surface area contributed by atoms with E-state index in [1.54, 1.807) is 0 Å². The first-order chi connectivity index (χ1) is 8.11. The smallest absolute Gasteiger partial charge is 0.0107 e. The molecule has 2 rings (SSSR count). The lowest BCUT2D eigenvalue weighted by Gasteiger charge is -2.42. The van der Waals surface area contributed by atoms with E-state index in [9.17, 15) is 0 Å². The van der Waals surface area contributed by atoms with Gasteiger partial charge in [0, 0.05) is 25.2 Å². The Morgan fingerprint density at radius 2 is 1.94 bits per heavy atom. The fraction of sp³-hybridized carbons (Fsp3) is 1.00. The van der Waals surface area contributed by atoms with Crippen LogP contribution in [0.5, 0.6) is 0 Å². The number of likely N-dealkylation sites (tertiary alicyclic amines) is 2. The molecule has 2 heterocycles. The maximum Gasteiger partial charge on any atom is 0.0107 e. The van der Waals surface area contributed by atoms with E-state index in [-0.39, 0.29) is 0 Å². The molecular weight excluding hydrogens is 210 g/mol. The van der Waals surface area contributed by atoms with Gasteiger partial charge in [-0.15, -0.1) is 0 Å². The van der Waals surface area contributed by atoms with E-state index in [1.165, 1.54) is 45.6 Å². The van der Waals surface area contributed by atoms with E-state index in [2.05, 4.69) is 30.6 Å². The lowest BCUT2D eigenvalue weighted by molar-refractivity contribution is 0.0825. The molecule has 3 heteroatoms. The normalized spacial score (nSPS) is 40.9. The first kappa shape index (κ1) is 13.3. The van der Waals surface area contributed by atoms with E-state index in [4.69, 9.17) is 5.73 Å². The Labute approximate surface area is 106 Å². The molecule has 0 aromatic carbocycles. The Kier molecular flexibility index (Phi) is 4.45. The number of rotatable bonds is 3. The topological polar surface area (TPSA) is 32.5 Å². The van der Waals surface area contributed by atoms with Gasteiger partial charge in [-0.25, -0.2) is 0 Å². The van der Waals surface area contributed by atoms with Crippen LogP contribution in [0.25, 0.3) is 0 Å². The van der Waals surface area contributed by atoms with Gasteiger partial charge in [-0.1, -0.05) is 13.8 Å². The summed E-state index contributed by atoms with van der Waals surface area (Å²) in [4.78, 5) is 5.26. The van der Waals surface area contributed by atoms with Gasteiger partial charge in [-0.3, -0.25) is 4.90 Å². The average molecular weight is 239 g/mol. The summed E-state index contributed by atoms with van der Waals surface area (Å²) in [5.41, 5.74) is 6.15. The highest BCUT2D eigenvalue weighted by Crippen LogP contribution is 2.25. The highest BCUT2D eigenvalue weighted by Gasteiger charge is 2.32. The molecule has 2 saturated heterocycles. The van der Waals surface area contributed by atoms with Crippen LogP contribution in [0.3, 0.4) is 0 Å². The molecule has 3 nitrogen and oxygen atoms in total. The van der Waals surface area contributed by atoms with Gasteiger partial charge in [-0.2, -0.15) is 0 Å². The average Bonchev–Trinajstić information content (AvgIpc) is 2.78. The molecule has 0 aromatic rings. The summed E-state index contributed by atoms with van der Waals surface area (Å²) in [6, 6.07) is 1.08. The maximum atomic E-state index is 6.15. The minimum Gasteiger partial charge on any atom is -0.327 e. The SMILES string of the molecule is CCN1CCC(CN2CCC(N)C(C)C2C)C1. The molecule has 0 radical (unpaired) electrons. The summed E-state index contributed by atoms with van der Waals surface area (Å²) in [7, 11) is 0. The molecule has 0 bridgehead atoms. The standard InChI is InChI=1S/C14H29N3/c1-4-16-7-5-13(9-16)10-17-8-6-14(15)11(2)12(17)3/h11-14H,4-10,15H2,1-3H3. The molecule has 0 spiro atoms. The number of hydrogen-bond donors (Lipinski definition) is 1. The second-order valence-corrected chi connectivity index (χ2v) is 6.10. The molecular formula is C14H29N3. The summed E-state index contributed by atoms with van der Waals surface area (Å²) in [6.45, 7) is 13.3. The van der Waals surface area contributed by atoms with Gasteiger partial charge in [-0.05, 0) is 51.2 Å². The van der Waals surface area contributed by atoms with Crippen molar-refractivity contribution in [2.24, 2.45) is 17.6 Å². The van der Waals surface area contributed by atoms with E-state index >= 15 is 0 Å². The van der Waals surface area contributed by atoms with Gasteiger partial charge in [0.15, 0.2) is 0 Å². The molecule has 4 unspecified atom stereocenters. The van der Waals surface area contributed by atoms with Crippen molar-refractivity contribution in [1.82, 2.24) is 9.80 Å². The fourth-order valence-electron chi connectivity index (χ4n) is 3.41. The molecule has 2 aliphatic rings. The van der Waals surface area contributed by atoms with Crippen LogP contribution < -0.4 is 5.73 Å². The van der Waals surface area contributed by atoms with Gasteiger partial charge in [0.2, 0.25) is 0 Å². The second-order valence-electron chi connectivity index (χ2n) is 6.10. The predicted octanol–water partition coefficient (Wildman–Crippen LogP) is 1.39. The van der Waals surface area contributed by atoms with E-state index in [0.717, 1.165) is 5.92 Å². The van der Waals surface area contributed by atoms with Crippen LogP contribution in [0.2, 0.25) is 0 Å². The Morgan fingerprint density at radius 3 is 2.59 bits per heavy atom. The molecule has 2 aliphatic heterocycles. The maximum absolute atomic E-state index is 6.15. The van der Waals surface area contributed by atoms with Crippen molar-refractivity contribution in [2.75, 3.05) is 32.7 Å². The van der Waals surface area contributed by atoms with Crippen molar-refractivity contribution in [3.05, 3.63) is 0 Å². The van der Waals surface area contributed by atoms with Gasteiger partial charge in [0.1, 0.15) is 0 Å². The van der Waals surface area contributed by atoms with E-state index in [1.807, 2.05) is 0 Å². The van der Waals surface area contributed by atoms with Crippen LogP contribution in [-0.2, 0) is 0 Å². The summed E-state index contributed by atoms with van der Waals surface area (Å²) < 4.78 is 0. The number of hydrogen-bond acceptors (Lipinski definition) is 3. The van der Waals surface area contributed by atoms with Crippen LogP contribution in [0.4, 0.5) is 0 Å². The summed E-state index contributed by atoms with van der Waals surface area (Å²) in [5.74, 6) is 1.53. The first-order valence-corrected chi connectivity index (χ1v) is 7.33. The second kappa shape index (κ2) is 5.68. The van der Waals surface area contributed by atoms with Gasteiger partial charge in [0.25, 0.3) is 0 Å². The third kappa shape index (κ3) is 3.01. The number of nitrogens with two attached hydrogens (primary N) is 1. The van der Waals surface area contributed by atoms with E-state index in [0.29, 0.717) is 18.0 Å². The zero-order valence-electron chi connectivity index (χ0n) is 11.7. The van der Waals surface area contributed by atoms with Gasteiger partial charge < -0.3 is 10.6 Å². The molecule has 0 aliphatic carbocycles. The highest BCUT2D eigenvalue weighted by atomic mass is 15.2. The predicted molar refractivity (Wildman–Crippen MR) is 73.0 cm³/mol. The van der Waals surface area contributed by atoms with Crippen LogP contribution in [0, 0.1) is 11.8 Å². The minimum atomic E-state index is 0.414. The van der Waals surface area contributed by atoms with Gasteiger partial charge >= 0.3 is 0 Å². The van der Waals surface area contributed by atoms with Crippen molar-refractivity contribution < 1.29 is 0 Å². The Bertz CT molecular complexity index is 244. The molecule has 0 aromatic heterocycles. The Hall–Kier alpha value is -0.120. The molecule has 4 atom stereocenters. The highest BCUT2D eigenvalue weighted by molar-refractivity contribution is 4.88. The minimum absolute atomic E-state index is 0.414. The lowest BCUT2D eigenvalue weighted by Crippen LogP contribution is -2.52. The van der Waals surface area contributed by atoms with Crippen LogP contribution in [0.1, 0.15) is 33.6 Å². The summed E-state index contributed by atoms with van der Waals surface area (Å²) in [5, 5.41) is 0. The van der Waals surface area contributed by atoms with Crippen molar-refractivity contribution >= 4 is 0 Å². The third-order valence-electron chi connectivity index (χ3n) is 5.07. The van der Waals surface area contributed by atoms with Crippen molar-refractivity contribution in [2.45, 2.75) is 45.7 Å². The van der Waals surface area contributed by atoms with Crippen molar-refractivity contribution in [3.8, 4) is 0 Å². The monoisotopic (exact) mass is 239 g/mol. The Balaban J connectivity index is 1.83. The van der Waals surface area contributed by atoms with Crippen molar-refractivity contribution in [3.63, 3.8) is 0 Å². The molecule has 2 N–H and O–H groups in total. The van der Waals surface area contributed by atoms with Crippen LogP contribution in [0.15, 0.2) is 0 Å². The molecule has 2 fully saturated rings. The van der Waals surface area contributed by atoms with Crippen molar-refractivity contribution in [1.29, 1.82) is 0 Å². The first-order valence-electron chi connectivity index (χ1n) is 7.33. The number of nitrogens with zero attached hydrogens (tertiary/aromatic N) is 2. The molecule has 0 amide bonds. The zero-order chi connectivity index (χ0) is 12.4. The molecule has 100 valence electrons. The van der Waals surface area contributed by atoms with Gasteiger partial charge in [0.05, 0.1) is 0 Å². The molecule has 17 heavy (non-hydrogen) atoms. The molecule has 0 saturated carbocycles. The largest absolute Gasteiger partial charge is 0.327 e.